The Kier molecular flexibility index (Phi) is 3.55. The summed E-state index contributed by atoms with van der Waals surface area (Å²) in [6.07, 6.45) is 9.10. The second-order valence-corrected chi connectivity index (χ2v) is 8.96. The molecule has 0 heterocycles. The maximum atomic E-state index is 11.9. The van der Waals surface area contributed by atoms with Crippen LogP contribution >= 0.6 is 22.6 Å². The molecule has 0 amide bonds. The fourth-order valence-corrected chi connectivity index (χ4v) is 6.38. The summed E-state index contributed by atoms with van der Waals surface area (Å²) in [7, 11) is 0. The van der Waals surface area contributed by atoms with Crippen molar-refractivity contribution in [3.05, 3.63) is 26.8 Å². The van der Waals surface area contributed by atoms with Gasteiger partial charge in [-0.25, -0.2) is 0 Å². The molecule has 4 unspecified atom stereocenters. The van der Waals surface area contributed by atoms with Crippen LogP contribution in [-0.2, 0) is 5.41 Å². The third-order valence-electron chi connectivity index (χ3n) is 6.58. The van der Waals surface area contributed by atoms with Gasteiger partial charge in [0, 0.05) is 16.5 Å². The minimum absolute atomic E-state index is 0.100. The highest BCUT2D eigenvalue weighted by atomic mass is 127. The molecule has 0 aliphatic heterocycles. The van der Waals surface area contributed by atoms with Gasteiger partial charge in [-0.1, -0.05) is 12.8 Å². The summed E-state index contributed by atoms with van der Waals surface area (Å²) in [4.78, 5) is 11.9. The van der Waals surface area contributed by atoms with Gasteiger partial charge in [0.15, 0.2) is 5.78 Å². The van der Waals surface area contributed by atoms with Crippen LogP contribution in [0.5, 0.6) is 5.75 Å². The molecule has 0 saturated heterocycles. The summed E-state index contributed by atoms with van der Waals surface area (Å²) in [5.74, 6) is 3.00. The van der Waals surface area contributed by atoms with Crippen molar-refractivity contribution in [2.24, 2.45) is 17.8 Å². The van der Waals surface area contributed by atoms with Gasteiger partial charge in [0.2, 0.25) is 0 Å². The highest BCUT2D eigenvalue weighted by Crippen LogP contribution is 2.62. The number of fused-ring (bicyclic) bond motifs is 2. The number of Topliss-reactive ketones (excluding diaryl/α,β-unsaturated/α-hetero) is 1. The molecule has 0 radical (unpaired) electrons. The van der Waals surface area contributed by atoms with Gasteiger partial charge in [-0.3, -0.25) is 4.79 Å². The third-order valence-corrected chi connectivity index (χ3v) is 7.40. The lowest BCUT2D eigenvalue weighted by atomic mass is 9.68. The van der Waals surface area contributed by atoms with Crippen LogP contribution in [0.4, 0.5) is 0 Å². The molecular weight excluding hydrogens is 387 g/mol. The lowest BCUT2D eigenvalue weighted by Crippen LogP contribution is -2.30. The van der Waals surface area contributed by atoms with E-state index in [1.807, 2.05) is 12.1 Å². The Hall–Kier alpha value is -0.580. The maximum absolute atomic E-state index is 11.9. The molecule has 4 rings (SSSR count). The molecule has 3 fully saturated rings. The van der Waals surface area contributed by atoms with E-state index in [1.54, 1.807) is 6.92 Å². The Balaban J connectivity index is 1.88. The number of carbonyl (C=O) groups excluding carboxylic acids is 1. The van der Waals surface area contributed by atoms with Crippen LogP contribution in [0.1, 0.15) is 67.8 Å². The van der Waals surface area contributed by atoms with Crippen LogP contribution in [0.15, 0.2) is 12.1 Å². The fourth-order valence-electron chi connectivity index (χ4n) is 5.76. The van der Waals surface area contributed by atoms with Crippen molar-refractivity contribution in [2.75, 3.05) is 0 Å². The zero-order valence-electron chi connectivity index (χ0n) is 13.1. The second kappa shape index (κ2) is 5.22. The van der Waals surface area contributed by atoms with Crippen LogP contribution in [0.25, 0.3) is 0 Å². The van der Waals surface area contributed by atoms with Crippen molar-refractivity contribution >= 4 is 28.4 Å². The van der Waals surface area contributed by atoms with Crippen LogP contribution < -0.4 is 0 Å². The summed E-state index contributed by atoms with van der Waals surface area (Å²) < 4.78 is 0.830. The van der Waals surface area contributed by atoms with Crippen LogP contribution in [0, 0.1) is 21.3 Å². The molecule has 3 saturated carbocycles. The number of carbonyl (C=O) groups is 1. The first-order chi connectivity index (χ1) is 10.5. The predicted molar refractivity (Wildman–Crippen MR) is 95.3 cm³/mol. The van der Waals surface area contributed by atoms with E-state index in [0.717, 1.165) is 26.5 Å². The van der Waals surface area contributed by atoms with Crippen molar-refractivity contribution in [1.29, 1.82) is 0 Å². The van der Waals surface area contributed by atoms with E-state index < -0.39 is 0 Å². The molecular formula is C19H23IO2. The first kappa shape index (κ1) is 15.0. The quantitative estimate of drug-likeness (QED) is 0.547. The topological polar surface area (TPSA) is 37.3 Å². The number of hydrogen-bond acceptors (Lipinski definition) is 2. The molecule has 1 aromatic carbocycles. The summed E-state index contributed by atoms with van der Waals surface area (Å²) in [6, 6.07) is 3.85. The lowest BCUT2D eigenvalue weighted by Gasteiger charge is -2.36. The molecule has 3 aliphatic rings. The summed E-state index contributed by atoms with van der Waals surface area (Å²) >= 11 is 2.18. The van der Waals surface area contributed by atoms with Crippen LogP contribution in [-0.4, -0.2) is 10.9 Å². The molecule has 118 valence electrons. The smallest absolute Gasteiger partial charge is 0.159 e. The van der Waals surface area contributed by atoms with Crippen molar-refractivity contribution in [2.45, 2.75) is 57.3 Å². The van der Waals surface area contributed by atoms with Crippen molar-refractivity contribution in [1.82, 2.24) is 0 Å². The minimum atomic E-state index is 0.100. The van der Waals surface area contributed by atoms with Gasteiger partial charge in [-0.15, -0.1) is 0 Å². The van der Waals surface area contributed by atoms with Gasteiger partial charge in [0.05, 0.1) is 3.57 Å². The Labute approximate surface area is 145 Å². The van der Waals surface area contributed by atoms with Gasteiger partial charge in [0.1, 0.15) is 5.75 Å². The van der Waals surface area contributed by atoms with Crippen molar-refractivity contribution < 1.29 is 9.90 Å². The fraction of sp³-hybridized carbons (Fsp3) is 0.632. The highest BCUT2D eigenvalue weighted by molar-refractivity contribution is 14.1. The first-order valence-corrected chi connectivity index (χ1v) is 9.61. The lowest BCUT2D eigenvalue weighted by molar-refractivity contribution is 0.101. The van der Waals surface area contributed by atoms with Crippen molar-refractivity contribution in [3.8, 4) is 5.75 Å². The zero-order valence-corrected chi connectivity index (χ0v) is 15.2. The minimum Gasteiger partial charge on any atom is -0.507 e. The molecule has 2 nitrogen and oxygen atoms in total. The average molecular weight is 410 g/mol. The van der Waals surface area contributed by atoms with E-state index in [9.17, 15) is 9.90 Å². The van der Waals surface area contributed by atoms with E-state index in [2.05, 4.69) is 22.6 Å². The standard InChI is InChI=1S/C19H23IO2/c1-11(21)14-8-16(18(22)17(20)9-14)19-4-2-3-12-5-13(10-19)7-15(19)6-12/h8-9,12-13,15,22H,2-7,10H2,1H3. The number of phenols is 1. The molecule has 22 heavy (non-hydrogen) atoms. The molecule has 0 aromatic heterocycles. The molecule has 1 aromatic rings. The Morgan fingerprint density at radius 1 is 1.27 bits per heavy atom. The number of hydrogen-bond donors (Lipinski definition) is 1. The second-order valence-electron chi connectivity index (χ2n) is 7.80. The Morgan fingerprint density at radius 2 is 2.05 bits per heavy atom. The van der Waals surface area contributed by atoms with Gasteiger partial charge in [-0.2, -0.15) is 0 Å². The molecule has 0 spiro atoms. The van der Waals surface area contributed by atoms with Gasteiger partial charge < -0.3 is 5.11 Å². The van der Waals surface area contributed by atoms with E-state index in [1.165, 1.54) is 44.9 Å². The van der Waals surface area contributed by atoms with Gasteiger partial charge in [-0.05, 0) is 91.5 Å². The number of phenolic OH excluding ortho intramolecular Hbond substituents is 1. The molecule has 4 atom stereocenters. The van der Waals surface area contributed by atoms with E-state index in [4.69, 9.17) is 0 Å². The average Bonchev–Trinajstić information content (AvgIpc) is 2.64. The first-order valence-electron chi connectivity index (χ1n) is 8.53. The Bertz CT molecular complexity index is 639. The molecule has 3 aliphatic carbocycles. The molecule has 1 N–H and O–H groups in total. The molecule has 3 heteroatoms. The maximum Gasteiger partial charge on any atom is 0.159 e. The van der Waals surface area contributed by atoms with Crippen LogP contribution in [0.3, 0.4) is 0 Å². The molecule has 3 bridgehead atoms. The van der Waals surface area contributed by atoms with E-state index >= 15 is 0 Å². The Morgan fingerprint density at radius 3 is 2.82 bits per heavy atom. The van der Waals surface area contributed by atoms with Gasteiger partial charge >= 0.3 is 0 Å². The monoisotopic (exact) mass is 410 g/mol. The van der Waals surface area contributed by atoms with E-state index in [-0.39, 0.29) is 11.2 Å². The highest BCUT2D eigenvalue weighted by Gasteiger charge is 2.54. The number of ketones is 1. The zero-order chi connectivity index (χ0) is 15.5. The summed E-state index contributed by atoms with van der Waals surface area (Å²) in [5.41, 5.74) is 1.97. The van der Waals surface area contributed by atoms with Crippen molar-refractivity contribution in [3.63, 3.8) is 0 Å². The number of rotatable bonds is 2. The number of aromatic hydroxyl groups is 1. The number of halogens is 1. The van der Waals surface area contributed by atoms with Gasteiger partial charge in [0.25, 0.3) is 0 Å². The summed E-state index contributed by atoms with van der Waals surface area (Å²) in [6.45, 7) is 1.63. The normalized spacial score (nSPS) is 36.4. The summed E-state index contributed by atoms with van der Waals surface area (Å²) in [5, 5.41) is 10.8. The SMILES string of the molecule is CC(=O)c1cc(I)c(O)c(C23CCCC4CC(CC2C4)C3)c1. The van der Waals surface area contributed by atoms with Crippen LogP contribution in [0.2, 0.25) is 0 Å². The predicted octanol–water partition coefficient (Wildman–Crippen LogP) is 5.06. The van der Waals surface area contributed by atoms with E-state index in [0.29, 0.717) is 11.7 Å². The largest absolute Gasteiger partial charge is 0.507 e. The third kappa shape index (κ3) is 2.15. The number of benzene rings is 1.